The van der Waals surface area contributed by atoms with E-state index in [9.17, 15) is 9.18 Å². The summed E-state index contributed by atoms with van der Waals surface area (Å²) in [6.07, 6.45) is 0. The molecule has 2 rings (SSSR count). The molecular weight excluding hydrogens is 287 g/mol. The van der Waals surface area contributed by atoms with Gasteiger partial charge in [-0.05, 0) is 29.8 Å². The van der Waals surface area contributed by atoms with Gasteiger partial charge in [0, 0.05) is 6.54 Å². The summed E-state index contributed by atoms with van der Waals surface area (Å²) in [4.78, 5) is 11.6. The van der Waals surface area contributed by atoms with Crippen molar-refractivity contribution < 1.29 is 18.7 Å². The third-order valence-electron chi connectivity index (χ3n) is 2.90. The molecular formula is C16H17FN2O3. The maximum absolute atomic E-state index is 12.7. The van der Waals surface area contributed by atoms with Crippen molar-refractivity contribution in [3.63, 3.8) is 0 Å². The molecule has 22 heavy (non-hydrogen) atoms. The molecule has 0 saturated carbocycles. The summed E-state index contributed by atoms with van der Waals surface area (Å²) in [5, 5.41) is 5.21. The lowest BCUT2D eigenvalue weighted by molar-refractivity contribution is 0.221. The first-order valence-corrected chi connectivity index (χ1v) is 6.71. The van der Waals surface area contributed by atoms with Crippen LogP contribution in [0.5, 0.6) is 11.5 Å². The highest BCUT2D eigenvalue weighted by molar-refractivity contribution is 5.73. The first-order valence-electron chi connectivity index (χ1n) is 6.71. The van der Waals surface area contributed by atoms with Crippen LogP contribution < -0.4 is 20.1 Å². The van der Waals surface area contributed by atoms with Gasteiger partial charge < -0.3 is 20.1 Å². The summed E-state index contributed by atoms with van der Waals surface area (Å²) in [6.45, 7) is 0.316. The van der Waals surface area contributed by atoms with Crippen LogP contribution in [-0.4, -0.2) is 19.9 Å². The Kier molecular flexibility index (Phi) is 5.59. The van der Waals surface area contributed by atoms with Crippen molar-refractivity contribution in [3.05, 3.63) is 59.9 Å². The molecule has 0 radical (unpaired) electrons. The molecule has 2 aromatic rings. The maximum atomic E-state index is 12.7. The average Bonchev–Trinajstić information content (AvgIpc) is 2.55. The number of rotatable bonds is 6. The van der Waals surface area contributed by atoms with Gasteiger partial charge in [0.05, 0.1) is 7.11 Å². The largest absolute Gasteiger partial charge is 0.493 e. The molecule has 2 amide bonds. The highest BCUT2D eigenvalue weighted by Crippen LogP contribution is 2.25. The van der Waals surface area contributed by atoms with Crippen molar-refractivity contribution in [1.82, 2.24) is 10.6 Å². The summed E-state index contributed by atoms with van der Waals surface area (Å²) in [6, 6.07) is 12.7. The van der Waals surface area contributed by atoms with Gasteiger partial charge in [0.15, 0.2) is 18.2 Å². The minimum Gasteiger partial charge on any atom is -0.493 e. The number of benzene rings is 2. The molecule has 0 aromatic heterocycles. The van der Waals surface area contributed by atoms with Crippen LogP contribution in [0.15, 0.2) is 48.5 Å². The molecule has 0 aliphatic rings. The van der Waals surface area contributed by atoms with E-state index in [0.717, 1.165) is 5.56 Å². The van der Waals surface area contributed by atoms with Gasteiger partial charge >= 0.3 is 6.03 Å². The molecule has 0 bridgehead atoms. The third-order valence-corrected chi connectivity index (χ3v) is 2.90. The summed E-state index contributed by atoms with van der Waals surface area (Å²) in [5.74, 6) is 0.832. The molecule has 2 aromatic carbocycles. The van der Waals surface area contributed by atoms with E-state index in [-0.39, 0.29) is 18.6 Å². The Balaban J connectivity index is 1.72. The highest BCUT2D eigenvalue weighted by atomic mass is 19.1. The molecule has 0 atom stereocenters. The topological polar surface area (TPSA) is 59.6 Å². The predicted octanol–water partition coefficient (Wildman–Crippen LogP) is 2.67. The fraction of sp³-hybridized carbons (Fsp3) is 0.188. The minimum atomic E-state index is -0.376. The normalized spacial score (nSPS) is 9.91. The molecule has 0 spiro atoms. The van der Waals surface area contributed by atoms with E-state index in [1.807, 2.05) is 12.1 Å². The molecule has 6 heteroatoms. The van der Waals surface area contributed by atoms with Crippen molar-refractivity contribution in [2.45, 2.75) is 6.54 Å². The van der Waals surface area contributed by atoms with Crippen molar-refractivity contribution in [2.75, 3.05) is 13.8 Å². The Morgan fingerprint density at radius 3 is 2.41 bits per heavy atom. The minimum absolute atomic E-state index is 0.00955. The number of nitrogens with one attached hydrogen (secondary N) is 2. The third kappa shape index (κ3) is 4.66. The van der Waals surface area contributed by atoms with Gasteiger partial charge in [0.25, 0.3) is 0 Å². The summed E-state index contributed by atoms with van der Waals surface area (Å²) in [7, 11) is 1.55. The molecule has 2 N–H and O–H groups in total. The Bertz CT molecular complexity index is 617. The zero-order valence-electron chi connectivity index (χ0n) is 12.1. The fourth-order valence-electron chi connectivity index (χ4n) is 1.76. The smallest absolute Gasteiger partial charge is 0.317 e. The van der Waals surface area contributed by atoms with Gasteiger partial charge in [-0.2, -0.15) is 0 Å². The molecule has 0 heterocycles. The van der Waals surface area contributed by atoms with Crippen LogP contribution in [0.2, 0.25) is 0 Å². The van der Waals surface area contributed by atoms with Crippen molar-refractivity contribution >= 4 is 6.03 Å². The zero-order valence-corrected chi connectivity index (χ0v) is 12.1. The van der Waals surface area contributed by atoms with Crippen molar-refractivity contribution in [3.8, 4) is 11.5 Å². The van der Waals surface area contributed by atoms with E-state index < -0.39 is 0 Å². The Morgan fingerprint density at radius 2 is 1.73 bits per heavy atom. The van der Waals surface area contributed by atoms with Crippen LogP contribution in [0.25, 0.3) is 0 Å². The van der Waals surface area contributed by atoms with Crippen LogP contribution in [0, 0.1) is 5.82 Å². The molecule has 116 valence electrons. The summed E-state index contributed by atoms with van der Waals surface area (Å²) >= 11 is 0. The van der Waals surface area contributed by atoms with Gasteiger partial charge in [-0.3, -0.25) is 0 Å². The summed E-state index contributed by atoms with van der Waals surface area (Å²) < 4.78 is 23.3. The maximum Gasteiger partial charge on any atom is 0.317 e. The number of methoxy groups -OCH3 is 1. The van der Waals surface area contributed by atoms with Gasteiger partial charge in [0.2, 0.25) is 0 Å². The lowest BCUT2D eigenvalue weighted by atomic mass is 10.2. The van der Waals surface area contributed by atoms with Crippen LogP contribution >= 0.6 is 0 Å². The number of carbonyl (C=O) groups is 1. The lowest BCUT2D eigenvalue weighted by Crippen LogP contribution is -2.37. The van der Waals surface area contributed by atoms with E-state index in [2.05, 4.69) is 10.6 Å². The average molecular weight is 304 g/mol. The van der Waals surface area contributed by atoms with E-state index >= 15 is 0 Å². The monoisotopic (exact) mass is 304 g/mol. The number of ether oxygens (including phenoxy) is 2. The summed E-state index contributed by atoms with van der Waals surface area (Å²) in [5.41, 5.74) is 0.808. The first-order chi connectivity index (χ1) is 10.7. The van der Waals surface area contributed by atoms with E-state index in [1.54, 1.807) is 31.4 Å². The molecule has 0 fully saturated rings. The van der Waals surface area contributed by atoms with Crippen molar-refractivity contribution in [2.24, 2.45) is 0 Å². The highest BCUT2D eigenvalue weighted by Gasteiger charge is 2.04. The van der Waals surface area contributed by atoms with E-state index in [4.69, 9.17) is 9.47 Å². The number of carbonyl (C=O) groups excluding carboxylic acids is 1. The standard InChI is InChI=1S/C16H17FN2O3/c1-21-14-4-2-3-5-15(14)22-11-19-16(20)18-10-12-6-8-13(17)9-7-12/h2-9H,10-11H2,1H3,(H2,18,19,20). The Labute approximate surface area is 128 Å². The fourth-order valence-corrected chi connectivity index (χ4v) is 1.76. The van der Waals surface area contributed by atoms with Crippen molar-refractivity contribution in [1.29, 1.82) is 0 Å². The number of hydrogen-bond acceptors (Lipinski definition) is 3. The van der Waals surface area contributed by atoms with E-state index in [0.29, 0.717) is 18.0 Å². The molecule has 5 nitrogen and oxygen atoms in total. The van der Waals surface area contributed by atoms with Gasteiger partial charge in [-0.15, -0.1) is 0 Å². The van der Waals surface area contributed by atoms with Crippen LogP contribution in [-0.2, 0) is 6.54 Å². The molecule has 0 aliphatic carbocycles. The molecule has 0 saturated heterocycles. The lowest BCUT2D eigenvalue weighted by Gasteiger charge is -2.11. The van der Waals surface area contributed by atoms with Gasteiger partial charge in [-0.25, -0.2) is 9.18 Å². The second-order valence-corrected chi connectivity index (χ2v) is 4.43. The second-order valence-electron chi connectivity index (χ2n) is 4.43. The predicted molar refractivity (Wildman–Crippen MR) is 80.3 cm³/mol. The SMILES string of the molecule is COc1ccccc1OCNC(=O)NCc1ccc(F)cc1. The zero-order chi connectivity index (χ0) is 15.8. The Hall–Kier alpha value is -2.76. The number of amides is 2. The number of halogens is 1. The van der Waals surface area contributed by atoms with Crippen LogP contribution in [0.4, 0.5) is 9.18 Å². The second kappa shape index (κ2) is 7.87. The molecule has 0 aliphatic heterocycles. The van der Waals surface area contributed by atoms with Gasteiger partial charge in [-0.1, -0.05) is 24.3 Å². The number of hydrogen-bond donors (Lipinski definition) is 2. The molecule has 0 unspecified atom stereocenters. The van der Waals surface area contributed by atoms with Gasteiger partial charge in [0.1, 0.15) is 5.82 Å². The van der Waals surface area contributed by atoms with Crippen LogP contribution in [0.3, 0.4) is 0 Å². The Morgan fingerprint density at radius 1 is 1.05 bits per heavy atom. The first kappa shape index (κ1) is 15.6. The quantitative estimate of drug-likeness (QED) is 0.807. The number of urea groups is 1. The van der Waals surface area contributed by atoms with Crippen LogP contribution in [0.1, 0.15) is 5.56 Å². The number of para-hydroxylation sites is 2. The van der Waals surface area contributed by atoms with E-state index in [1.165, 1.54) is 12.1 Å².